The molecule has 3 aromatic carbocycles. The third kappa shape index (κ3) is 5.43. The van der Waals surface area contributed by atoms with Crippen LogP contribution in [0.1, 0.15) is 27.3 Å². The second-order valence-electron chi connectivity index (χ2n) is 7.42. The number of aromatic carboxylic acids is 1. The minimum absolute atomic E-state index is 0.0755. The lowest BCUT2D eigenvalue weighted by molar-refractivity contribution is -0.274. The number of halogens is 3. The summed E-state index contributed by atoms with van der Waals surface area (Å²) >= 11 is 0. The van der Waals surface area contributed by atoms with Gasteiger partial charge in [-0.2, -0.15) is 0 Å². The number of benzene rings is 3. The highest BCUT2D eigenvalue weighted by Gasteiger charge is 2.31. The monoisotopic (exact) mass is 456 g/mol. The van der Waals surface area contributed by atoms with Crippen LogP contribution in [0, 0.1) is 6.92 Å². The van der Waals surface area contributed by atoms with Crippen molar-refractivity contribution in [1.29, 1.82) is 0 Å². The first kappa shape index (κ1) is 22.2. The van der Waals surface area contributed by atoms with E-state index in [0.717, 1.165) is 22.2 Å². The standard InChI is InChI=1S/C24H19F3N2O4/c1-15-5-10-21-20(11-15)28-22(14-32-19-4-2-3-17(12-19)23(30)31)29(21)13-16-6-8-18(9-7-16)33-24(25,26)27/h2-12H,13-14H2,1H3,(H,30,31). The molecule has 9 heteroatoms. The molecule has 0 radical (unpaired) electrons. The summed E-state index contributed by atoms with van der Waals surface area (Å²) in [6.07, 6.45) is -4.75. The van der Waals surface area contributed by atoms with Gasteiger partial charge in [0.25, 0.3) is 0 Å². The molecule has 0 unspecified atom stereocenters. The Morgan fingerprint density at radius 1 is 1.03 bits per heavy atom. The van der Waals surface area contributed by atoms with Gasteiger partial charge in [-0.1, -0.05) is 24.3 Å². The van der Waals surface area contributed by atoms with E-state index in [9.17, 15) is 18.0 Å². The average Bonchev–Trinajstić information content (AvgIpc) is 3.09. The smallest absolute Gasteiger partial charge is 0.486 e. The van der Waals surface area contributed by atoms with E-state index in [1.54, 1.807) is 24.3 Å². The molecule has 0 aliphatic heterocycles. The van der Waals surface area contributed by atoms with E-state index in [1.807, 2.05) is 29.7 Å². The Balaban J connectivity index is 1.61. The fourth-order valence-electron chi connectivity index (χ4n) is 3.42. The zero-order valence-electron chi connectivity index (χ0n) is 17.5. The van der Waals surface area contributed by atoms with Gasteiger partial charge in [0.15, 0.2) is 0 Å². The number of carboxylic acid groups (broad SMARTS) is 1. The number of ether oxygens (including phenoxy) is 2. The molecule has 0 fully saturated rings. The molecule has 0 spiro atoms. The summed E-state index contributed by atoms with van der Waals surface area (Å²) in [6, 6.07) is 17.6. The van der Waals surface area contributed by atoms with Crippen LogP contribution in [-0.2, 0) is 13.2 Å². The number of aryl methyl sites for hydroxylation is 1. The SMILES string of the molecule is Cc1ccc2c(c1)nc(COc1cccc(C(=O)O)c1)n2Cc1ccc(OC(F)(F)F)cc1. The molecule has 1 heterocycles. The number of aromatic nitrogens is 2. The Kier molecular flexibility index (Phi) is 5.95. The topological polar surface area (TPSA) is 73.6 Å². The van der Waals surface area contributed by atoms with E-state index in [-0.39, 0.29) is 17.9 Å². The highest BCUT2D eigenvalue weighted by molar-refractivity contribution is 5.88. The van der Waals surface area contributed by atoms with E-state index in [4.69, 9.17) is 9.84 Å². The molecule has 0 atom stereocenters. The molecule has 0 saturated carbocycles. The highest BCUT2D eigenvalue weighted by atomic mass is 19.4. The second kappa shape index (κ2) is 8.85. The number of hydrogen-bond acceptors (Lipinski definition) is 4. The van der Waals surface area contributed by atoms with Crippen molar-refractivity contribution < 1.29 is 32.5 Å². The second-order valence-corrected chi connectivity index (χ2v) is 7.42. The highest BCUT2D eigenvalue weighted by Crippen LogP contribution is 2.25. The summed E-state index contributed by atoms with van der Waals surface area (Å²) in [5.41, 5.74) is 3.48. The van der Waals surface area contributed by atoms with Crippen molar-refractivity contribution in [3.63, 3.8) is 0 Å². The van der Waals surface area contributed by atoms with E-state index in [0.29, 0.717) is 18.1 Å². The molecular weight excluding hydrogens is 437 g/mol. The minimum Gasteiger partial charge on any atom is -0.486 e. The first-order valence-electron chi connectivity index (χ1n) is 9.94. The Morgan fingerprint density at radius 2 is 1.79 bits per heavy atom. The number of alkyl halides is 3. The van der Waals surface area contributed by atoms with E-state index >= 15 is 0 Å². The first-order chi connectivity index (χ1) is 15.7. The molecule has 4 aromatic rings. The molecule has 0 bridgehead atoms. The molecule has 6 nitrogen and oxygen atoms in total. The van der Waals surface area contributed by atoms with E-state index < -0.39 is 12.3 Å². The van der Waals surface area contributed by atoms with Crippen LogP contribution in [-0.4, -0.2) is 27.0 Å². The van der Waals surface area contributed by atoms with Gasteiger partial charge in [-0.05, 0) is 60.5 Å². The Bertz CT molecular complexity index is 1300. The fourth-order valence-corrected chi connectivity index (χ4v) is 3.42. The Morgan fingerprint density at radius 3 is 2.48 bits per heavy atom. The zero-order valence-corrected chi connectivity index (χ0v) is 17.5. The van der Waals surface area contributed by atoms with Gasteiger partial charge in [-0.15, -0.1) is 13.2 Å². The molecule has 1 aromatic heterocycles. The Hall–Kier alpha value is -4.01. The van der Waals surface area contributed by atoms with Crippen molar-refractivity contribution in [3.05, 3.63) is 89.2 Å². The van der Waals surface area contributed by atoms with E-state index in [1.165, 1.54) is 24.3 Å². The number of carboxylic acids is 1. The maximum absolute atomic E-state index is 12.4. The fraction of sp³-hybridized carbons (Fsp3) is 0.167. The summed E-state index contributed by atoms with van der Waals surface area (Å²) in [4.78, 5) is 15.8. The number of carbonyl (C=O) groups is 1. The van der Waals surface area contributed by atoms with Gasteiger partial charge in [-0.25, -0.2) is 9.78 Å². The third-order valence-corrected chi connectivity index (χ3v) is 4.93. The summed E-state index contributed by atoms with van der Waals surface area (Å²) < 4.78 is 48.9. The molecule has 0 aliphatic rings. The molecular formula is C24H19F3N2O4. The molecule has 4 rings (SSSR count). The van der Waals surface area contributed by atoms with Gasteiger partial charge >= 0.3 is 12.3 Å². The van der Waals surface area contributed by atoms with Gasteiger partial charge in [0, 0.05) is 6.54 Å². The number of nitrogens with zero attached hydrogens (tertiary/aromatic N) is 2. The van der Waals surface area contributed by atoms with Crippen LogP contribution in [0.15, 0.2) is 66.7 Å². The van der Waals surface area contributed by atoms with Crippen molar-refractivity contribution in [2.24, 2.45) is 0 Å². The average molecular weight is 456 g/mol. The predicted molar refractivity (Wildman–Crippen MR) is 114 cm³/mol. The largest absolute Gasteiger partial charge is 0.573 e. The number of rotatable bonds is 7. The predicted octanol–water partition coefficient (Wildman–Crippen LogP) is 5.57. The molecule has 0 aliphatic carbocycles. The number of hydrogen-bond donors (Lipinski definition) is 1. The lowest BCUT2D eigenvalue weighted by atomic mass is 10.2. The number of fused-ring (bicyclic) bond motifs is 1. The Labute approximate surface area is 186 Å². The summed E-state index contributed by atoms with van der Waals surface area (Å²) in [7, 11) is 0. The van der Waals surface area contributed by atoms with Crippen molar-refractivity contribution in [2.75, 3.05) is 0 Å². The van der Waals surface area contributed by atoms with Gasteiger partial charge in [0.2, 0.25) is 0 Å². The van der Waals surface area contributed by atoms with Gasteiger partial charge in [0.05, 0.1) is 16.6 Å². The lowest BCUT2D eigenvalue weighted by Crippen LogP contribution is -2.17. The van der Waals surface area contributed by atoms with Gasteiger partial charge in [-0.3, -0.25) is 0 Å². The van der Waals surface area contributed by atoms with Crippen LogP contribution < -0.4 is 9.47 Å². The maximum Gasteiger partial charge on any atom is 0.573 e. The third-order valence-electron chi connectivity index (χ3n) is 4.93. The minimum atomic E-state index is -4.75. The van der Waals surface area contributed by atoms with Crippen molar-refractivity contribution in [3.8, 4) is 11.5 Å². The number of imidazole rings is 1. The lowest BCUT2D eigenvalue weighted by Gasteiger charge is -2.12. The van der Waals surface area contributed by atoms with Crippen LogP contribution in [0.5, 0.6) is 11.5 Å². The van der Waals surface area contributed by atoms with Crippen LogP contribution in [0.4, 0.5) is 13.2 Å². The van der Waals surface area contributed by atoms with Crippen LogP contribution in [0.2, 0.25) is 0 Å². The molecule has 0 saturated heterocycles. The molecule has 1 N–H and O–H groups in total. The molecule has 0 amide bonds. The first-order valence-corrected chi connectivity index (χ1v) is 9.94. The summed E-state index contributed by atoms with van der Waals surface area (Å²) in [5.74, 6) is -0.370. The van der Waals surface area contributed by atoms with Crippen molar-refractivity contribution >= 4 is 17.0 Å². The van der Waals surface area contributed by atoms with E-state index in [2.05, 4.69) is 9.72 Å². The maximum atomic E-state index is 12.4. The van der Waals surface area contributed by atoms with Crippen molar-refractivity contribution in [2.45, 2.75) is 26.4 Å². The van der Waals surface area contributed by atoms with Crippen molar-refractivity contribution in [1.82, 2.24) is 9.55 Å². The summed E-state index contributed by atoms with van der Waals surface area (Å²) in [5, 5.41) is 9.16. The molecule has 33 heavy (non-hydrogen) atoms. The normalized spacial score (nSPS) is 11.5. The molecule has 170 valence electrons. The van der Waals surface area contributed by atoms with Gasteiger partial charge in [0.1, 0.15) is 23.9 Å². The summed E-state index contributed by atoms with van der Waals surface area (Å²) in [6.45, 7) is 2.37. The quantitative estimate of drug-likeness (QED) is 0.394. The van der Waals surface area contributed by atoms with Crippen LogP contribution in [0.3, 0.4) is 0 Å². The van der Waals surface area contributed by atoms with Crippen LogP contribution in [0.25, 0.3) is 11.0 Å². The van der Waals surface area contributed by atoms with Crippen LogP contribution >= 0.6 is 0 Å². The zero-order chi connectivity index (χ0) is 23.6. The van der Waals surface area contributed by atoms with Gasteiger partial charge < -0.3 is 19.1 Å².